The fraction of sp³-hybridized carbons (Fsp3) is 0.300. The number of nitrogen functional groups attached to an aromatic ring is 1. The van der Waals surface area contributed by atoms with E-state index in [1.165, 1.54) is 18.2 Å². The van der Waals surface area contributed by atoms with Crippen molar-refractivity contribution in [3.8, 4) is 11.8 Å². The summed E-state index contributed by atoms with van der Waals surface area (Å²) in [6.45, 7) is -0.463. The minimum atomic E-state index is -4.24. The largest absolute Gasteiger partial charge is 0.493 e. The summed E-state index contributed by atoms with van der Waals surface area (Å²) >= 11 is 0. The Kier molecular flexibility index (Phi) is 3.61. The fourth-order valence-electron chi connectivity index (χ4n) is 1.02. The molecular formula is C10H9F3N2O. The third-order valence-corrected chi connectivity index (χ3v) is 1.80. The molecule has 0 saturated heterocycles. The maximum absolute atomic E-state index is 11.8. The van der Waals surface area contributed by atoms with Crippen LogP contribution in [0.5, 0.6) is 5.75 Å². The van der Waals surface area contributed by atoms with Crippen LogP contribution < -0.4 is 10.5 Å². The van der Waals surface area contributed by atoms with Crippen molar-refractivity contribution in [3.05, 3.63) is 23.8 Å². The monoisotopic (exact) mass is 230 g/mol. The van der Waals surface area contributed by atoms with Crippen molar-refractivity contribution < 1.29 is 17.9 Å². The number of nitrogens with zero attached hydrogens (tertiary/aromatic N) is 1. The second-order valence-corrected chi connectivity index (χ2v) is 3.07. The Bertz CT molecular complexity index is 410. The molecule has 0 aromatic heterocycles. The number of rotatable bonds is 3. The number of nitrogens with two attached hydrogens (primary N) is 1. The molecule has 0 atom stereocenters. The summed E-state index contributed by atoms with van der Waals surface area (Å²) in [5.41, 5.74) is 5.92. The maximum atomic E-state index is 11.8. The number of alkyl halides is 3. The van der Waals surface area contributed by atoms with Gasteiger partial charge in [-0.2, -0.15) is 18.4 Å². The predicted octanol–water partition coefficient (Wildman–Crippen LogP) is 2.47. The number of benzene rings is 1. The Morgan fingerprint density at radius 1 is 1.38 bits per heavy atom. The van der Waals surface area contributed by atoms with Crippen LogP contribution in [0, 0.1) is 11.3 Å². The van der Waals surface area contributed by atoms with Crippen LogP contribution >= 0.6 is 0 Å². The Morgan fingerprint density at radius 2 is 2.06 bits per heavy atom. The Hall–Kier alpha value is -1.90. The highest BCUT2D eigenvalue weighted by atomic mass is 19.4. The molecule has 0 fully saturated rings. The summed E-state index contributed by atoms with van der Waals surface area (Å²) in [5.74, 6) is 0.223. The molecule has 0 aliphatic rings. The molecule has 0 spiro atoms. The van der Waals surface area contributed by atoms with E-state index in [0.29, 0.717) is 0 Å². The van der Waals surface area contributed by atoms with Crippen LogP contribution in [0.4, 0.5) is 18.9 Å². The molecule has 86 valence electrons. The van der Waals surface area contributed by atoms with Crippen LogP contribution in [0.3, 0.4) is 0 Å². The van der Waals surface area contributed by atoms with Crippen LogP contribution in [-0.4, -0.2) is 12.8 Å². The molecule has 1 aromatic carbocycles. The molecule has 0 bridgehead atoms. The van der Waals surface area contributed by atoms with E-state index in [1.54, 1.807) is 0 Å². The lowest BCUT2D eigenvalue weighted by molar-refractivity contribution is -0.139. The minimum absolute atomic E-state index is 0.187. The van der Waals surface area contributed by atoms with Gasteiger partial charge < -0.3 is 10.5 Å². The molecule has 1 rings (SSSR count). The molecule has 0 unspecified atom stereocenters. The standard InChI is InChI=1S/C10H9F3N2O/c11-10(12,13)3-4-16-8-2-1-7(6-14)9(15)5-8/h1-2,5H,3-4,15H2. The Morgan fingerprint density at radius 3 is 2.56 bits per heavy atom. The van der Waals surface area contributed by atoms with Gasteiger partial charge in [0.2, 0.25) is 0 Å². The minimum Gasteiger partial charge on any atom is -0.493 e. The van der Waals surface area contributed by atoms with Crippen molar-refractivity contribution in [1.29, 1.82) is 5.26 Å². The first kappa shape index (κ1) is 12.2. The van der Waals surface area contributed by atoms with Gasteiger partial charge >= 0.3 is 6.18 Å². The fourth-order valence-corrected chi connectivity index (χ4v) is 1.02. The zero-order chi connectivity index (χ0) is 12.2. The zero-order valence-corrected chi connectivity index (χ0v) is 8.21. The molecular weight excluding hydrogens is 221 g/mol. The molecule has 1 aromatic rings. The van der Waals surface area contributed by atoms with Gasteiger partial charge in [0.25, 0.3) is 0 Å². The van der Waals surface area contributed by atoms with Gasteiger partial charge in [0.15, 0.2) is 0 Å². The van der Waals surface area contributed by atoms with Crippen molar-refractivity contribution >= 4 is 5.69 Å². The van der Waals surface area contributed by atoms with Crippen molar-refractivity contribution in [2.45, 2.75) is 12.6 Å². The van der Waals surface area contributed by atoms with Crippen LogP contribution in [-0.2, 0) is 0 Å². The quantitative estimate of drug-likeness (QED) is 0.811. The van der Waals surface area contributed by atoms with Crippen molar-refractivity contribution in [2.75, 3.05) is 12.3 Å². The van der Waals surface area contributed by atoms with E-state index in [-0.39, 0.29) is 17.0 Å². The molecule has 0 aliphatic carbocycles. The van der Waals surface area contributed by atoms with Crippen molar-refractivity contribution in [1.82, 2.24) is 0 Å². The van der Waals surface area contributed by atoms with E-state index in [1.807, 2.05) is 6.07 Å². The van der Waals surface area contributed by atoms with Crippen LogP contribution in [0.2, 0.25) is 0 Å². The first-order valence-corrected chi connectivity index (χ1v) is 4.41. The van der Waals surface area contributed by atoms with Crippen LogP contribution in [0.15, 0.2) is 18.2 Å². The molecule has 16 heavy (non-hydrogen) atoms. The normalized spacial score (nSPS) is 10.9. The van der Waals surface area contributed by atoms with E-state index < -0.39 is 19.2 Å². The van der Waals surface area contributed by atoms with E-state index in [4.69, 9.17) is 15.7 Å². The lowest BCUT2D eigenvalue weighted by Gasteiger charge is -2.09. The van der Waals surface area contributed by atoms with E-state index >= 15 is 0 Å². The van der Waals surface area contributed by atoms with Gasteiger partial charge in [-0.1, -0.05) is 0 Å². The van der Waals surface area contributed by atoms with E-state index in [0.717, 1.165) is 0 Å². The summed E-state index contributed by atoms with van der Waals surface area (Å²) in [6.07, 6.45) is -5.26. The van der Waals surface area contributed by atoms with Crippen molar-refractivity contribution in [2.24, 2.45) is 0 Å². The number of hydrogen-bond donors (Lipinski definition) is 1. The van der Waals surface area contributed by atoms with Gasteiger partial charge in [-0.25, -0.2) is 0 Å². The number of hydrogen-bond acceptors (Lipinski definition) is 3. The second-order valence-electron chi connectivity index (χ2n) is 3.07. The zero-order valence-electron chi connectivity index (χ0n) is 8.21. The van der Waals surface area contributed by atoms with E-state index in [9.17, 15) is 13.2 Å². The number of anilines is 1. The molecule has 0 radical (unpaired) electrons. The van der Waals surface area contributed by atoms with E-state index in [2.05, 4.69) is 0 Å². The van der Waals surface area contributed by atoms with Crippen LogP contribution in [0.1, 0.15) is 12.0 Å². The van der Waals surface area contributed by atoms with Gasteiger partial charge in [-0.15, -0.1) is 0 Å². The lowest BCUT2D eigenvalue weighted by Crippen LogP contribution is -2.13. The van der Waals surface area contributed by atoms with Gasteiger partial charge in [0.1, 0.15) is 11.8 Å². The van der Waals surface area contributed by atoms with Gasteiger partial charge in [0, 0.05) is 6.07 Å². The smallest absolute Gasteiger partial charge is 0.392 e. The summed E-state index contributed by atoms with van der Waals surface area (Å²) in [4.78, 5) is 0. The Labute approximate surface area is 90.2 Å². The molecule has 0 amide bonds. The maximum Gasteiger partial charge on any atom is 0.392 e. The lowest BCUT2D eigenvalue weighted by atomic mass is 10.2. The third-order valence-electron chi connectivity index (χ3n) is 1.80. The summed E-state index contributed by atoms with van der Waals surface area (Å²) in [5, 5.41) is 8.57. The first-order chi connectivity index (χ1) is 7.42. The second kappa shape index (κ2) is 4.75. The topological polar surface area (TPSA) is 59.0 Å². The summed E-state index contributed by atoms with van der Waals surface area (Å²) in [6, 6.07) is 5.98. The number of nitriles is 1. The van der Waals surface area contributed by atoms with Crippen molar-refractivity contribution in [3.63, 3.8) is 0 Å². The molecule has 2 N–H and O–H groups in total. The molecule has 6 heteroatoms. The highest BCUT2D eigenvalue weighted by Crippen LogP contribution is 2.22. The molecule has 3 nitrogen and oxygen atoms in total. The Balaban J connectivity index is 2.57. The predicted molar refractivity (Wildman–Crippen MR) is 51.7 cm³/mol. The molecule has 0 heterocycles. The van der Waals surface area contributed by atoms with Gasteiger partial charge in [0.05, 0.1) is 24.3 Å². The molecule has 0 saturated carbocycles. The third kappa shape index (κ3) is 3.69. The van der Waals surface area contributed by atoms with Gasteiger partial charge in [-0.3, -0.25) is 0 Å². The highest BCUT2D eigenvalue weighted by Gasteiger charge is 2.26. The first-order valence-electron chi connectivity index (χ1n) is 4.41. The summed E-state index contributed by atoms with van der Waals surface area (Å²) < 4.78 is 40.3. The molecule has 0 aliphatic heterocycles. The number of ether oxygens (including phenoxy) is 1. The SMILES string of the molecule is N#Cc1ccc(OCCC(F)(F)F)cc1N. The van der Waals surface area contributed by atoms with Gasteiger partial charge in [-0.05, 0) is 12.1 Å². The van der Waals surface area contributed by atoms with Crippen LogP contribution in [0.25, 0.3) is 0 Å². The average molecular weight is 230 g/mol. The average Bonchev–Trinajstić information content (AvgIpc) is 2.16. The highest BCUT2D eigenvalue weighted by molar-refractivity contribution is 5.56. The number of halogens is 3. The summed E-state index contributed by atoms with van der Waals surface area (Å²) in [7, 11) is 0.